The summed E-state index contributed by atoms with van der Waals surface area (Å²) in [5.41, 5.74) is 1.91. The van der Waals surface area contributed by atoms with Gasteiger partial charge in [-0.1, -0.05) is 13.0 Å². The van der Waals surface area contributed by atoms with Gasteiger partial charge in [0.1, 0.15) is 11.5 Å². The molecule has 0 amide bonds. The molecule has 0 aliphatic rings. The molecule has 0 saturated carbocycles. The summed E-state index contributed by atoms with van der Waals surface area (Å²) in [6, 6.07) is 5.25. The number of benzene rings is 1. The van der Waals surface area contributed by atoms with Crippen LogP contribution in [-0.2, 0) is 0 Å². The molecular weight excluding hydrogens is 176 g/mol. The van der Waals surface area contributed by atoms with Crippen LogP contribution in [0.25, 0.3) is 5.57 Å². The molecule has 1 aromatic rings. The summed E-state index contributed by atoms with van der Waals surface area (Å²) in [6.45, 7) is 4.05. The summed E-state index contributed by atoms with van der Waals surface area (Å²) in [5, 5.41) is 9.63. The summed E-state index contributed by atoms with van der Waals surface area (Å²) >= 11 is 0. The number of allylic oxidation sites excluding steroid dienone is 2. The molecule has 2 nitrogen and oxygen atoms in total. The zero-order valence-electron chi connectivity index (χ0n) is 8.87. The summed E-state index contributed by atoms with van der Waals surface area (Å²) < 4.78 is 5.10. The normalized spacial score (nSPS) is 11.5. The Hall–Kier alpha value is -1.44. The third kappa shape index (κ3) is 2.28. The van der Waals surface area contributed by atoms with Crippen molar-refractivity contribution in [3.63, 3.8) is 0 Å². The molecule has 1 aromatic carbocycles. The quantitative estimate of drug-likeness (QED) is 0.796. The molecule has 0 aliphatic carbocycles. The minimum absolute atomic E-state index is 0.299. The van der Waals surface area contributed by atoms with E-state index in [1.807, 2.05) is 13.0 Å². The van der Waals surface area contributed by atoms with Crippen molar-refractivity contribution in [3.05, 3.63) is 29.8 Å². The van der Waals surface area contributed by atoms with E-state index in [0.29, 0.717) is 5.75 Å². The van der Waals surface area contributed by atoms with E-state index in [2.05, 4.69) is 13.0 Å². The van der Waals surface area contributed by atoms with E-state index in [1.165, 1.54) is 0 Å². The molecule has 0 radical (unpaired) electrons. The topological polar surface area (TPSA) is 29.5 Å². The second-order valence-corrected chi connectivity index (χ2v) is 3.18. The summed E-state index contributed by atoms with van der Waals surface area (Å²) in [6.07, 6.45) is 3.04. The molecule has 0 spiro atoms. The summed E-state index contributed by atoms with van der Waals surface area (Å²) in [7, 11) is 1.62. The van der Waals surface area contributed by atoms with Gasteiger partial charge in [0.2, 0.25) is 0 Å². The minimum Gasteiger partial charge on any atom is -0.507 e. The van der Waals surface area contributed by atoms with Gasteiger partial charge in [0.15, 0.2) is 0 Å². The van der Waals surface area contributed by atoms with E-state index in [9.17, 15) is 5.11 Å². The highest BCUT2D eigenvalue weighted by Gasteiger charge is 2.04. The molecule has 0 saturated heterocycles. The Morgan fingerprint density at radius 2 is 2.21 bits per heavy atom. The van der Waals surface area contributed by atoms with E-state index < -0.39 is 0 Å². The average Bonchev–Trinajstić information content (AvgIpc) is 2.19. The largest absolute Gasteiger partial charge is 0.507 e. The third-order valence-corrected chi connectivity index (χ3v) is 2.14. The lowest BCUT2D eigenvalue weighted by Gasteiger charge is -2.07. The molecule has 0 fully saturated rings. The Balaban J connectivity index is 3.12. The summed E-state index contributed by atoms with van der Waals surface area (Å²) in [4.78, 5) is 0. The van der Waals surface area contributed by atoms with Crippen molar-refractivity contribution in [1.82, 2.24) is 0 Å². The molecule has 0 atom stereocenters. The second-order valence-electron chi connectivity index (χ2n) is 3.18. The van der Waals surface area contributed by atoms with Gasteiger partial charge in [-0.2, -0.15) is 0 Å². The van der Waals surface area contributed by atoms with Crippen molar-refractivity contribution in [3.8, 4) is 11.5 Å². The van der Waals surface area contributed by atoms with E-state index in [-0.39, 0.29) is 0 Å². The van der Waals surface area contributed by atoms with Crippen LogP contribution in [0, 0.1) is 0 Å². The Morgan fingerprint density at radius 3 is 2.79 bits per heavy atom. The van der Waals surface area contributed by atoms with Crippen LogP contribution in [0.5, 0.6) is 11.5 Å². The maximum atomic E-state index is 9.63. The fourth-order valence-corrected chi connectivity index (χ4v) is 1.37. The Labute approximate surface area is 84.8 Å². The lowest BCUT2D eigenvalue weighted by atomic mass is 10.1. The van der Waals surface area contributed by atoms with Crippen LogP contribution in [0.15, 0.2) is 24.3 Å². The first-order valence-electron chi connectivity index (χ1n) is 4.73. The second kappa shape index (κ2) is 4.70. The van der Waals surface area contributed by atoms with Gasteiger partial charge in [0, 0.05) is 5.56 Å². The Morgan fingerprint density at radius 1 is 1.50 bits per heavy atom. The molecule has 0 bridgehead atoms. The monoisotopic (exact) mass is 192 g/mol. The van der Waals surface area contributed by atoms with Crippen molar-refractivity contribution in [2.75, 3.05) is 7.11 Å². The van der Waals surface area contributed by atoms with Crippen LogP contribution < -0.4 is 4.74 Å². The van der Waals surface area contributed by atoms with E-state index in [1.54, 1.807) is 19.2 Å². The highest BCUT2D eigenvalue weighted by Crippen LogP contribution is 2.28. The molecular formula is C12H16O2. The minimum atomic E-state index is 0.299. The smallest absolute Gasteiger partial charge is 0.123 e. The van der Waals surface area contributed by atoms with Gasteiger partial charge in [-0.25, -0.2) is 0 Å². The van der Waals surface area contributed by atoms with Gasteiger partial charge in [-0.05, 0) is 37.1 Å². The van der Waals surface area contributed by atoms with E-state index >= 15 is 0 Å². The highest BCUT2D eigenvalue weighted by molar-refractivity contribution is 5.69. The number of phenolic OH excluding ortho intramolecular Hbond substituents is 1. The average molecular weight is 192 g/mol. The highest BCUT2D eigenvalue weighted by atomic mass is 16.5. The van der Waals surface area contributed by atoms with Gasteiger partial charge in [-0.15, -0.1) is 0 Å². The van der Waals surface area contributed by atoms with Gasteiger partial charge in [0.25, 0.3) is 0 Å². The van der Waals surface area contributed by atoms with Crippen LogP contribution in [0.3, 0.4) is 0 Å². The van der Waals surface area contributed by atoms with Gasteiger partial charge in [0.05, 0.1) is 7.11 Å². The van der Waals surface area contributed by atoms with Gasteiger partial charge in [-0.3, -0.25) is 0 Å². The zero-order valence-corrected chi connectivity index (χ0v) is 8.87. The molecule has 1 N–H and O–H groups in total. The van der Waals surface area contributed by atoms with Crippen LogP contribution in [0.4, 0.5) is 0 Å². The Kier molecular flexibility index (Phi) is 3.57. The maximum Gasteiger partial charge on any atom is 0.123 e. The molecule has 0 heterocycles. The number of ether oxygens (including phenoxy) is 1. The fourth-order valence-electron chi connectivity index (χ4n) is 1.37. The molecule has 76 valence electrons. The zero-order chi connectivity index (χ0) is 10.6. The van der Waals surface area contributed by atoms with Crippen LogP contribution in [-0.4, -0.2) is 12.2 Å². The lowest BCUT2D eigenvalue weighted by molar-refractivity contribution is 0.412. The van der Waals surface area contributed by atoms with E-state index in [0.717, 1.165) is 23.3 Å². The third-order valence-electron chi connectivity index (χ3n) is 2.14. The van der Waals surface area contributed by atoms with Crippen molar-refractivity contribution < 1.29 is 9.84 Å². The van der Waals surface area contributed by atoms with Crippen molar-refractivity contribution in [2.24, 2.45) is 0 Å². The van der Waals surface area contributed by atoms with Crippen molar-refractivity contribution in [2.45, 2.75) is 20.3 Å². The first-order chi connectivity index (χ1) is 6.69. The predicted octanol–water partition coefficient (Wildman–Crippen LogP) is 3.21. The maximum absolute atomic E-state index is 9.63. The number of phenols is 1. The van der Waals surface area contributed by atoms with Crippen molar-refractivity contribution >= 4 is 5.57 Å². The molecule has 1 rings (SSSR count). The predicted molar refractivity (Wildman–Crippen MR) is 58.6 cm³/mol. The molecule has 0 aliphatic heterocycles. The first-order valence-corrected chi connectivity index (χ1v) is 4.73. The fraction of sp³-hybridized carbons (Fsp3) is 0.333. The number of methoxy groups -OCH3 is 1. The van der Waals surface area contributed by atoms with E-state index in [4.69, 9.17) is 4.74 Å². The molecule has 2 heteroatoms. The Bertz CT molecular complexity index is 340. The number of rotatable bonds is 3. The first kappa shape index (κ1) is 10.6. The van der Waals surface area contributed by atoms with Crippen molar-refractivity contribution in [1.29, 1.82) is 0 Å². The number of aromatic hydroxyl groups is 1. The van der Waals surface area contributed by atoms with Crippen LogP contribution in [0.2, 0.25) is 0 Å². The van der Waals surface area contributed by atoms with Gasteiger partial charge >= 0.3 is 0 Å². The number of hydrogen-bond donors (Lipinski definition) is 1. The molecule has 0 aromatic heterocycles. The standard InChI is InChI=1S/C12H16O2/c1-4-5-9(2)11-8-10(14-3)6-7-12(11)13/h5-8,13H,4H2,1-3H3/b9-5-. The number of hydrogen-bond acceptors (Lipinski definition) is 2. The van der Waals surface area contributed by atoms with Crippen LogP contribution in [0.1, 0.15) is 25.8 Å². The summed E-state index contributed by atoms with van der Waals surface area (Å²) in [5.74, 6) is 1.06. The molecule has 14 heavy (non-hydrogen) atoms. The molecule has 0 unspecified atom stereocenters. The van der Waals surface area contributed by atoms with Gasteiger partial charge < -0.3 is 9.84 Å². The lowest BCUT2D eigenvalue weighted by Crippen LogP contribution is -1.86. The SMILES string of the molecule is CC/C=C(/C)c1cc(OC)ccc1O. The van der Waals surface area contributed by atoms with Crippen LogP contribution >= 0.6 is 0 Å².